The Morgan fingerprint density at radius 1 is 1.28 bits per heavy atom. The van der Waals surface area contributed by atoms with Crippen molar-refractivity contribution in [2.75, 3.05) is 6.54 Å². The maximum absolute atomic E-state index is 5.63. The molecule has 1 aliphatic carbocycles. The maximum atomic E-state index is 5.63. The van der Waals surface area contributed by atoms with Crippen molar-refractivity contribution < 1.29 is 0 Å². The summed E-state index contributed by atoms with van der Waals surface area (Å²) >= 11 is 2.13. The van der Waals surface area contributed by atoms with Gasteiger partial charge in [-0.2, -0.15) is 11.8 Å². The Morgan fingerprint density at radius 3 is 2.39 bits per heavy atom. The van der Waals surface area contributed by atoms with Gasteiger partial charge in [-0.3, -0.25) is 0 Å². The van der Waals surface area contributed by atoms with E-state index >= 15 is 0 Å². The van der Waals surface area contributed by atoms with E-state index < -0.39 is 0 Å². The molecule has 2 N–H and O–H groups in total. The SMILES string of the molecule is C/C=C(\C=C/C(C)SC1CCCCC1)CN.CC. The molecule has 0 radical (unpaired) electrons. The molecule has 1 nitrogen and oxygen atoms in total. The van der Waals surface area contributed by atoms with E-state index in [0.29, 0.717) is 11.8 Å². The summed E-state index contributed by atoms with van der Waals surface area (Å²) in [6, 6.07) is 0. The summed E-state index contributed by atoms with van der Waals surface area (Å²) < 4.78 is 0. The van der Waals surface area contributed by atoms with Gasteiger partial charge < -0.3 is 5.73 Å². The monoisotopic (exact) mass is 269 g/mol. The lowest BCUT2D eigenvalue weighted by atomic mass is 10.0. The molecule has 0 spiro atoms. The number of hydrogen-bond acceptors (Lipinski definition) is 2. The molecule has 1 saturated carbocycles. The molecular formula is C16H31NS. The van der Waals surface area contributed by atoms with Gasteiger partial charge in [0.05, 0.1) is 0 Å². The van der Waals surface area contributed by atoms with Crippen LogP contribution in [0.2, 0.25) is 0 Å². The normalized spacial score (nSPS) is 19.5. The van der Waals surface area contributed by atoms with E-state index in [2.05, 4.69) is 36.9 Å². The van der Waals surface area contributed by atoms with Crippen molar-refractivity contribution in [3.63, 3.8) is 0 Å². The van der Waals surface area contributed by atoms with E-state index in [1.807, 2.05) is 20.8 Å². The van der Waals surface area contributed by atoms with E-state index in [-0.39, 0.29) is 0 Å². The van der Waals surface area contributed by atoms with Crippen LogP contribution in [-0.2, 0) is 0 Å². The molecule has 1 atom stereocenters. The third-order valence-corrected chi connectivity index (χ3v) is 4.59. The van der Waals surface area contributed by atoms with E-state index in [1.54, 1.807) is 0 Å². The van der Waals surface area contributed by atoms with Crippen molar-refractivity contribution in [1.82, 2.24) is 0 Å². The molecule has 1 rings (SSSR count). The Kier molecular flexibility index (Phi) is 11.7. The molecule has 2 heteroatoms. The molecule has 0 bridgehead atoms. The van der Waals surface area contributed by atoms with E-state index in [0.717, 1.165) is 5.25 Å². The highest BCUT2D eigenvalue weighted by molar-refractivity contribution is 8.00. The van der Waals surface area contributed by atoms with E-state index in [9.17, 15) is 0 Å². The molecule has 1 fully saturated rings. The van der Waals surface area contributed by atoms with Crippen LogP contribution in [0.1, 0.15) is 59.8 Å². The first-order chi connectivity index (χ1) is 8.76. The fourth-order valence-corrected chi connectivity index (χ4v) is 3.47. The fraction of sp³-hybridized carbons (Fsp3) is 0.750. The van der Waals surface area contributed by atoms with Crippen LogP contribution in [0, 0.1) is 0 Å². The first-order valence-corrected chi connectivity index (χ1v) is 8.39. The summed E-state index contributed by atoms with van der Waals surface area (Å²) in [7, 11) is 0. The zero-order valence-electron chi connectivity index (χ0n) is 12.6. The molecule has 0 heterocycles. The van der Waals surface area contributed by atoms with Gasteiger partial charge >= 0.3 is 0 Å². The lowest BCUT2D eigenvalue weighted by Gasteiger charge is -2.23. The second-order valence-corrected chi connectivity index (χ2v) is 6.21. The summed E-state index contributed by atoms with van der Waals surface area (Å²) in [4.78, 5) is 0. The quantitative estimate of drug-likeness (QED) is 0.716. The highest BCUT2D eigenvalue weighted by atomic mass is 32.2. The van der Waals surface area contributed by atoms with Gasteiger partial charge in [0.2, 0.25) is 0 Å². The van der Waals surface area contributed by atoms with Crippen LogP contribution in [0.3, 0.4) is 0 Å². The second-order valence-electron chi connectivity index (χ2n) is 4.53. The minimum Gasteiger partial charge on any atom is -0.327 e. The average Bonchev–Trinajstić information content (AvgIpc) is 2.43. The zero-order valence-corrected chi connectivity index (χ0v) is 13.4. The molecule has 1 unspecified atom stereocenters. The minimum absolute atomic E-state index is 0.615. The zero-order chi connectivity index (χ0) is 13.8. The van der Waals surface area contributed by atoms with Crippen molar-refractivity contribution >= 4 is 11.8 Å². The van der Waals surface area contributed by atoms with Crippen LogP contribution in [0.15, 0.2) is 23.8 Å². The highest BCUT2D eigenvalue weighted by Crippen LogP contribution is 2.31. The maximum Gasteiger partial charge on any atom is 0.0204 e. The summed E-state index contributed by atoms with van der Waals surface area (Å²) in [5.41, 5.74) is 6.86. The van der Waals surface area contributed by atoms with Gasteiger partial charge in [-0.05, 0) is 32.3 Å². The van der Waals surface area contributed by atoms with Crippen molar-refractivity contribution in [2.45, 2.75) is 70.3 Å². The van der Waals surface area contributed by atoms with Gasteiger partial charge in [-0.1, -0.05) is 51.3 Å². The van der Waals surface area contributed by atoms with Crippen LogP contribution in [0.25, 0.3) is 0 Å². The highest BCUT2D eigenvalue weighted by Gasteiger charge is 2.15. The Bertz CT molecular complexity index is 239. The number of rotatable bonds is 5. The van der Waals surface area contributed by atoms with Gasteiger partial charge in [0, 0.05) is 17.0 Å². The summed E-state index contributed by atoms with van der Waals surface area (Å²) in [6.45, 7) is 8.98. The van der Waals surface area contributed by atoms with Crippen LogP contribution in [-0.4, -0.2) is 17.0 Å². The molecule has 0 saturated heterocycles. The van der Waals surface area contributed by atoms with Gasteiger partial charge in [0.25, 0.3) is 0 Å². The topological polar surface area (TPSA) is 26.0 Å². The lowest BCUT2D eigenvalue weighted by Crippen LogP contribution is -2.11. The average molecular weight is 269 g/mol. The third kappa shape index (κ3) is 7.99. The minimum atomic E-state index is 0.615. The number of allylic oxidation sites excluding steroid dienone is 1. The molecule has 0 aromatic rings. The summed E-state index contributed by atoms with van der Waals surface area (Å²) in [5, 5.41) is 1.50. The standard InChI is InChI=1S/C14H25NS.C2H6/c1-3-13(11-15)10-9-12(2)16-14-7-5-4-6-8-14;1-2/h3,9-10,12,14H,4-8,11,15H2,1-2H3;1-2H3/b10-9-,13-3+;. The van der Waals surface area contributed by atoms with Crippen LogP contribution < -0.4 is 5.73 Å². The Balaban J connectivity index is 0.00000137. The molecule has 106 valence electrons. The van der Waals surface area contributed by atoms with Crippen LogP contribution in [0.5, 0.6) is 0 Å². The van der Waals surface area contributed by atoms with Crippen LogP contribution >= 0.6 is 11.8 Å². The van der Waals surface area contributed by atoms with Crippen molar-refractivity contribution in [3.05, 3.63) is 23.8 Å². The van der Waals surface area contributed by atoms with Gasteiger partial charge in [-0.15, -0.1) is 0 Å². The molecule has 0 aliphatic heterocycles. The second kappa shape index (κ2) is 11.9. The molecular weight excluding hydrogens is 238 g/mol. The first kappa shape index (κ1) is 17.8. The Labute approximate surface area is 118 Å². The predicted molar refractivity (Wildman–Crippen MR) is 87.2 cm³/mol. The van der Waals surface area contributed by atoms with Crippen LogP contribution in [0.4, 0.5) is 0 Å². The molecule has 1 aliphatic rings. The smallest absolute Gasteiger partial charge is 0.0204 e. The summed E-state index contributed by atoms with van der Waals surface area (Å²) in [6.07, 6.45) is 13.7. The first-order valence-electron chi connectivity index (χ1n) is 7.45. The number of hydrogen-bond donors (Lipinski definition) is 1. The number of nitrogens with two attached hydrogens (primary N) is 1. The summed E-state index contributed by atoms with van der Waals surface area (Å²) in [5.74, 6) is 0. The molecule has 18 heavy (non-hydrogen) atoms. The Hall–Kier alpha value is -0.210. The van der Waals surface area contributed by atoms with E-state index in [1.165, 1.54) is 37.7 Å². The molecule has 0 amide bonds. The fourth-order valence-electron chi connectivity index (χ4n) is 2.09. The van der Waals surface area contributed by atoms with Crippen molar-refractivity contribution in [3.8, 4) is 0 Å². The van der Waals surface area contributed by atoms with Crippen molar-refractivity contribution in [2.24, 2.45) is 5.73 Å². The van der Waals surface area contributed by atoms with Gasteiger partial charge in [0.1, 0.15) is 0 Å². The molecule has 0 aromatic carbocycles. The van der Waals surface area contributed by atoms with Gasteiger partial charge in [-0.25, -0.2) is 0 Å². The number of thioether (sulfide) groups is 1. The van der Waals surface area contributed by atoms with E-state index in [4.69, 9.17) is 5.73 Å². The largest absolute Gasteiger partial charge is 0.327 e. The van der Waals surface area contributed by atoms with Gasteiger partial charge in [0.15, 0.2) is 0 Å². The third-order valence-electron chi connectivity index (χ3n) is 3.15. The molecule has 0 aromatic heterocycles. The lowest BCUT2D eigenvalue weighted by molar-refractivity contribution is 0.515. The Morgan fingerprint density at radius 2 is 1.89 bits per heavy atom. The predicted octanol–water partition coefficient (Wildman–Crippen LogP) is 4.93. The van der Waals surface area contributed by atoms with Crippen molar-refractivity contribution in [1.29, 1.82) is 0 Å².